The number of rotatable bonds is 5. The lowest BCUT2D eigenvalue weighted by Crippen LogP contribution is -2.34. The second kappa shape index (κ2) is 10.0. The maximum absolute atomic E-state index is 12.9. The highest BCUT2D eigenvalue weighted by atomic mass is 35.5. The first-order valence-corrected chi connectivity index (χ1v) is 12.3. The Labute approximate surface area is 215 Å². The number of fused-ring (bicyclic) bond motifs is 1. The minimum atomic E-state index is -0.328. The van der Waals surface area contributed by atoms with Crippen molar-refractivity contribution in [2.24, 2.45) is 0 Å². The van der Waals surface area contributed by atoms with Crippen LogP contribution in [0.3, 0.4) is 0 Å². The summed E-state index contributed by atoms with van der Waals surface area (Å²) in [7, 11) is 0. The van der Waals surface area contributed by atoms with Crippen LogP contribution in [-0.4, -0.2) is 38.7 Å². The zero-order chi connectivity index (χ0) is 25.2. The lowest BCUT2D eigenvalue weighted by molar-refractivity contribution is 0.102. The Hall–Kier alpha value is -3.86. The molecule has 3 N–H and O–H groups in total. The summed E-state index contributed by atoms with van der Waals surface area (Å²) in [5, 5.41) is 8.73. The summed E-state index contributed by atoms with van der Waals surface area (Å²) in [6, 6.07) is 15.3. The van der Waals surface area contributed by atoms with Gasteiger partial charge in [0.15, 0.2) is 5.65 Å². The Morgan fingerprint density at radius 2 is 1.86 bits per heavy atom. The van der Waals surface area contributed by atoms with Crippen LogP contribution < -0.4 is 11.1 Å². The van der Waals surface area contributed by atoms with Crippen LogP contribution in [0.1, 0.15) is 46.1 Å². The third-order valence-electron chi connectivity index (χ3n) is 6.67. The van der Waals surface area contributed by atoms with Crippen LogP contribution in [0.25, 0.3) is 11.0 Å². The first kappa shape index (κ1) is 23.9. The number of carbonyl (C=O) groups is 1. The molecule has 7 nitrogen and oxygen atoms in total. The van der Waals surface area contributed by atoms with E-state index in [0.717, 1.165) is 54.8 Å². The van der Waals surface area contributed by atoms with Gasteiger partial charge in [-0.05, 0) is 61.7 Å². The Bertz CT molecular complexity index is 1440. The number of hydrogen-bond acceptors (Lipinski definition) is 5. The number of pyridine rings is 1. The first-order chi connectivity index (χ1) is 17.4. The number of likely N-dealkylation sites (tertiary alicyclic amines) is 1. The van der Waals surface area contributed by atoms with Gasteiger partial charge >= 0.3 is 0 Å². The quantitative estimate of drug-likeness (QED) is 0.297. The van der Waals surface area contributed by atoms with Crippen LogP contribution in [0, 0.1) is 19.3 Å². The number of nitrogen functional groups attached to an aromatic ring is 1. The standard InChI is InChI=1S/C28H27ClN6O/c1-3-19-6-10-22(11-7-19)32-28(36)24-16-31-27-25(26(24)29)18(2)33-35(27)23-12-14-34(15-13-23)17-20-4-8-21(30)9-5-20/h1,4-11,16,23H,12-15,17,30H2,2H3,(H,32,36). The van der Waals surface area contributed by atoms with Crippen LogP contribution in [0.2, 0.25) is 5.02 Å². The number of anilines is 2. The van der Waals surface area contributed by atoms with E-state index in [-0.39, 0.29) is 11.9 Å². The van der Waals surface area contributed by atoms with Gasteiger partial charge in [-0.1, -0.05) is 29.7 Å². The molecule has 36 heavy (non-hydrogen) atoms. The Morgan fingerprint density at radius 3 is 2.53 bits per heavy atom. The number of halogens is 1. The van der Waals surface area contributed by atoms with Gasteiger partial charge in [-0.2, -0.15) is 5.10 Å². The molecule has 1 saturated heterocycles. The summed E-state index contributed by atoms with van der Waals surface area (Å²) in [6.45, 7) is 4.73. The summed E-state index contributed by atoms with van der Waals surface area (Å²) >= 11 is 6.73. The molecule has 5 rings (SSSR count). The molecule has 0 atom stereocenters. The molecular weight excluding hydrogens is 472 g/mol. The number of aromatic nitrogens is 3. The van der Waals surface area contributed by atoms with Gasteiger partial charge in [0.25, 0.3) is 5.91 Å². The molecule has 4 aromatic rings. The van der Waals surface area contributed by atoms with Gasteiger partial charge in [0.1, 0.15) is 0 Å². The molecule has 1 aliphatic rings. The number of piperidine rings is 1. The smallest absolute Gasteiger partial charge is 0.258 e. The van der Waals surface area contributed by atoms with Gasteiger partial charge in [0.05, 0.1) is 27.7 Å². The number of terminal acetylenes is 1. The van der Waals surface area contributed by atoms with Crippen molar-refractivity contribution in [2.45, 2.75) is 32.4 Å². The number of aryl methyl sites for hydroxylation is 1. The SMILES string of the molecule is C#Cc1ccc(NC(=O)c2cnc3c(c(C)nn3C3CCN(Cc4ccc(N)cc4)CC3)c2Cl)cc1. The van der Waals surface area contributed by atoms with E-state index in [2.05, 4.69) is 33.3 Å². The summed E-state index contributed by atoms with van der Waals surface area (Å²) in [5.74, 6) is 2.23. The summed E-state index contributed by atoms with van der Waals surface area (Å²) < 4.78 is 1.98. The van der Waals surface area contributed by atoms with Crippen molar-refractivity contribution in [1.82, 2.24) is 19.7 Å². The molecule has 1 fully saturated rings. The van der Waals surface area contributed by atoms with E-state index in [1.54, 1.807) is 24.3 Å². The van der Waals surface area contributed by atoms with E-state index in [0.29, 0.717) is 21.9 Å². The molecule has 1 amide bonds. The maximum atomic E-state index is 12.9. The maximum Gasteiger partial charge on any atom is 0.258 e. The van der Waals surface area contributed by atoms with E-state index < -0.39 is 0 Å². The summed E-state index contributed by atoms with van der Waals surface area (Å²) in [4.78, 5) is 20.0. The number of hydrogen-bond donors (Lipinski definition) is 2. The summed E-state index contributed by atoms with van der Waals surface area (Å²) in [5.41, 5.74) is 11.0. The van der Waals surface area contributed by atoms with Gasteiger partial charge in [-0.25, -0.2) is 9.67 Å². The van der Waals surface area contributed by atoms with Crippen molar-refractivity contribution in [3.8, 4) is 12.3 Å². The highest BCUT2D eigenvalue weighted by Gasteiger charge is 2.26. The molecule has 3 heterocycles. The molecule has 0 radical (unpaired) electrons. The molecular formula is C28H27ClN6O. The number of nitrogens with one attached hydrogen (secondary N) is 1. The average molecular weight is 499 g/mol. The molecule has 0 spiro atoms. The highest BCUT2D eigenvalue weighted by molar-refractivity contribution is 6.39. The molecule has 182 valence electrons. The minimum absolute atomic E-state index is 0.224. The fourth-order valence-electron chi connectivity index (χ4n) is 4.70. The topological polar surface area (TPSA) is 89.1 Å². The second-order valence-corrected chi connectivity index (χ2v) is 9.52. The normalized spacial score (nSPS) is 14.6. The molecule has 0 bridgehead atoms. The molecule has 1 aliphatic heterocycles. The van der Waals surface area contributed by atoms with E-state index in [4.69, 9.17) is 28.9 Å². The Balaban J connectivity index is 1.31. The largest absolute Gasteiger partial charge is 0.399 e. The number of nitrogens with zero attached hydrogens (tertiary/aromatic N) is 4. The van der Waals surface area contributed by atoms with Crippen molar-refractivity contribution >= 4 is 39.9 Å². The molecule has 2 aromatic carbocycles. The molecule has 0 aliphatic carbocycles. The Kier molecular flexibility index (Phi) is 6.64. The Morgan fingerprint density at radius 1 is 1.17 bits per heavy atom. The minimum Gasteiger partial charge on any atom is -0.399 e. The number of benzene rings is 2. The van der Waals surface area contributed by atoms with Gasteiger partial charge in [-0.3, -0.25) is 9.69 Å². The van der Waals surface area contributed by atoms with Crippen LogP contribution in [0.15, 0.2) is 54.7 Å². The predicted octanol–water partition coefficient (Wildman–Crippen LogP) is 5.05. The third-order valence-corrected chi connectivity index (χ3v) is 7.07. The zero-order valence-corrected chi connectivity index (χ0v) is 20.8. The average Bonchev–Trinajstić information content (AvgIpc) is 3.23. The van der Waals surface area contributed by atoms with Gasteiger partial charge in [0, 0.05) is 42.8 Å². The van der Waals surface area contributed by atoms with Crippen LogP contribution in [0.5, 0.6) is 0 Å². The van der Waals surface area contributed by atoms with Crippen molar-refractivity contribution in [3.63, 3.8) is 0 Å². The van der Waals surface area contributed by atoms with Crippen molar-refractivity contribution in [1.29, 1.82) is 0 Å². The second-order valence-electron chi connectivity index (χ2n) is 9.14. The molecule has 2 aromatic heterocycles. The van der Waals surface area contributed by atoms with E-state index in [1.165, 1.54) is 11.8 Å². The number of amides is 1. The number of carbonyl (C=O) groups excluding carboxylic acids is 1. The van der Waals surface area contributed by atoms with Crippen LogP contribution in [0.4, 0.5) is 11.4 Å². The van der Waals surface area contributed by atoms with Crippen molar-refractivity contribution in [3.05, 3.63) is 82.1 Å². The van der Waals surface area contributed by atoms with Gasteiger partial charge < -0.3 is 11.1 Å². The molecule has 0 unspecified atom stereocenters. The summed E-state index contributed by atoms with van der Waals surface area (Å²) in [6.07, 6.45) is 8.85. The van der Waals surface area contributed by atoms with E-state index in [9.17, 15) is 4.79 Å². The lowest BCUT2D eigenvalue weighted by atomic mass is 10.0. The lowest BCUT2D eigenvalue weighted by Gasteiger charge is -2.32. The van der Waals surface area contributed by atoms with Crippen LogP contribution >= 0.6 is 11.6 Å². The first-order valence-electron chi connectivity index (χ1n) is 11.9. The third kappa shape index (κ3) is 4.78. The van der Waals surface area contributed by atoms with Gasteiger partial charge in [-0.15, -0.1) is 6.42 Å². The van der Waals surface area contributed by atoms with E-state index in [1.807, 2.05) is 23.7 Å². The number of nitrogens with two attached hydrogens (primary N) is 1. The fraction of sp³-hybridized carbons (Fsp3) is 0.250. The molecule has 8 heteroatoms. The van der Waals surface area contributed by atoms with Crippen molar-refractivity contribution < 1.29 is 4.79 Å². The molecule has 0 saturated carbocycles. The monoisotopic (exact) mass is 498 g/mol. The predicted molar refractivity (Wildman–Crippen MR) is 144 cm³/mol. The fourth-order valence-corrected chi connectivity index (χ4v) is 5.05. The zero-order valence-electron chi connectivity index (χ0n) is 20.0. The van der Waals surface area contributed by atoms with Crippen LogP contribution in [-0.2, 0) is 6.54 Å². The van der Waals surface area contributed by atoms with Gasteiger partial charge in [0.2, 0.25) is 0 Å². The van der Waals surface area contributed by atoms with Crippen molar-refractivity contribution in [2.75, 3.05) is 24.1 Å². The highest BCUT2D eigenvalue weighted by Crippen LogP contribution is 2.33. The van der Waals surface area contributed by atoms with E-state index >= 15 is 0 Å².